The van der Waals surface area contributed by atoms with E-state index in [2.05, 4.69) is 5.32 Å². The normalized spacial score (nSPS) is 15.2. The molecule has 0 bridgehead atoms. The lowest BCUT2D eigenvalue weighted by Gasteiger charge is -2.25. The molecule has 17 heavy (non-hydrogen) atoms. The van der Waals surface area contributed by atoms with Crippen LogP contribution in [0.3, 0.4) is 0 Å². The molecule has 0 saturated carbocycles. The van der Waals surface area contributed by atoms with Crippen LogP contribution in [0.1, 0.15) is 41.5 Å². The van der Waals surface area contributed by atoms with Crippen LogP contribution < -0.4 is 11.1 Å². The Bertz CT molecular complexity index is 273. The molecule has 0 heterocycles. The van der Waals surface area contributed by atoms with Crippen LogP contribution in [0.4, 0.5) is 0 Å². The van der Waals surface area contributed by atoms with Gasteiger partial charge in [-0.1, -0.05) is 41.5 Å². The summed E-state index contributed by atoms with van der Waals surface area (Å²) >= 11 is 0. The topological polar surface area (TPSA) is 72.2 Å². The first-order chi connectivity index (χ1) is 7.68. The summed E-state index contributed by atoms with van der Waals surface area (Å²) < 4.78 is 0. The highest BCUT2D eigenvalue weighted by molar-refractivity contribution is 5.91. The largest absolute Gasteiger partial charge is 0.345 e. The van der Waals surface area contributed by atoms with E-state index in [9.17, 15) is 9.59 Å². The Hall–Kier alpha value is -0.900. The first-order valence-corrected chi connectivity index (χ1v) is 6.28. The van der Waals surface area contributed by atoms with Crippen LogP contribution in [0.25, 0.3) is 0 Å². The van der Waals surface area contributed by atoms with Crippen LogP contribution in [0.15, 0.2) is 0 Å². The molecule has 0 radical (unpaired) electrons. The molecule has 3 N–H and O–H groups in total. The molecule has 4 heteroatoms. The maximum absolute atomic E-state index is 12.0. The minimum atomic E-state index is -0.559. The summed E-state index contributed by atoms with van der Waals surface area (Å²) in [5, 5.41) is 2.77. The van der Waals surface area contributed by atoms with Gasteiger partial charge in [0.1, 0.15) is 0 Å². The van der Waals surface area contributed by atoms with Crippen molar-refractivity contribution in [1.29, 1.82) is 0 Å². The van der Waals surface area contributed by atoms with Gasteiger partial charge in [-0.3, -0.25) is 9.59 Å². The Morgan fingerprint density at radius 2 is 1.41 bits per heavy atom. The second-order valence-electron chi connectivity index (χ2n) is 5.56. The standard InChI is InChI=1S/C13H26N2O2/c1-7(2)10(14)13(17)15-11(8(3)4)12(16)9(5)6/h7-11H,14H2,1-6H3,(H,15,17)/t10-,11-/m1/s1. The van der Waals surface area contributed by atoms with Gasteiger partial charge in [0.2, 0.25) is 5.91 Å². The Balaban J connectivity index is 4.68. The highest BCUT2D eigenvalue weighted by Gasteiger charge is 2.28. The van der Waals surface area contributed by atoms with Gasteiger partial charge in [-0.15, -0.1) is 0 Å². The molecule has 0 saturated heterocycles. The number of nitrogens with two attached hydrogens (primary N) is 1. The molecule has 0 spiro atoms. The average Bonchev–Trinajstić information content (AvgIpc) is 2.22. The molecule has 2 atom stereocenters. The van der Waals surface area contributed by atoms with Crippen LogP contribution in [0, 0.1) is 17.8 Å². The van der Waals surface area contributed by atoms with Gasteiger partial charge in [0.15, 0.2) is 5.78 Å². The van der Waals surface area contributed by atoms with Gasteiger partial charge in [-0.25, -0.2) is 0 Å². The monoisotopic (exact) mass is 242 g/mol. The van der Waals surface area contributed by atoms with E-state index < -0.39 is 12.1 Å². The van der Waals surface area contributed by atoms with Crippen molar-refractivity contribution in [2.75, 3.05) is 0 Å². The smallest absolute Gasteiger partial charge is 0.237 e. The van der Waals surface area contributed by atoms with Gasteiger partial charge in [-0.2, -0.15) is 0 Å². The summed E-state index contributed by atoms with van der Waals surface area (Å²) in [4.78, 5) is 23.8. The number of amides is 1. The lowest BCUT2D eigenvalue weighted by molar-refractivity contribution is -0.131. The zero-order valence-corrected chi connectivity index (χ0v) is 11.8. The average molecular weight is 242 g/mol. The lowest BCUT2D eigenvalue weighted by atomic mass is 9.92. The Labute approximate surface area is 104 Å². The molecule has 100 valence electrons. The van der Waals surface area contributed by atoms with E-state index in [0.29, 0.717) is 0 Å². The summed E-state index contributed by atoms with van der Waals surface area (Å²) in [5.41, 5.74) is 5.76. The fraction of sp³-hybridized carbons (Fsp3) is 0.846. The molecule has 0 aromatic carbocycles. The molecule has 4 nitrogen and oxygen atoms in total. The number of nitrogens with one attached hydrogen (secondary N) is 1. The highest BCUT2D eigenvalue weighted by Crippen LogP contribution is 2.10. The molecule has 0 rings (SSSR count). The first-order valence-electron chi connectivity index (χ1n) is 6.28. The molecule has 0 aromatic heterocycles. The Morgan fingerprint density at radius 1 is 0.941 bits per heavy atom. The number of rotatable bonds is 6. The predicted octanol–water partition coefficient (Wildman–Crippen LogP) is 1.34. The van der Waals surface area contributed by atoms with Crippen molar-refractivity contribution in [2.45, 2.75) is 53.6 Å². The molecule has 0 unspecified atom stereocenters. The zero-order valence-electron chi connectivity index (χ0n) is 11.8. The van der Waals surface area contributed by atoms with Gasteiger partial charge in [-0.05, 0) is 11.8 Å². The Kier molecular flexibility index (Phi) is 6.39. The maximum Gasteiger partial charge on any atom is 0.237 e. The lowest BCUT2D eigenvalue weighted by Crippen LogP contribution is -2.52. The Morgan fingerprint density at radius 3 is 1.71 bits per heavy atom. The number of carbonyl (C=O) groups is 2. The van der Waals surface area contributed by atoms with Crippen molar-refractivity contribution in [3.8, 4) is 0 Å². The van der Waals surface area contributed by atoms with Crippen LogP contribution in [0.2, 0.25) is 0 Å². The third-order valence-corrected chi connectivity index (χ3v) is 2.86. The molecule has 0 aliphatic heterocycles. The molecule has 0 aliphatic carbocycles. The molecule has 0 aliphatic rings. The van der Waals surface area contributed by atoms with Crippen LogP contribution >= 0.6 is 0 Å². The summed E-state index contributed by atoms with van der Waals surface area (Å²) in [6.45, 7) is 11.3. The predicted molar refractivity (Wildman–Crippen MR) is 69.4 cm³/mol. The highest BCUT2D eigenvalue weighted by atomic mass is 16.2. The van der Waals surface area contributed by atoms with E-state index in [4.69, 9.17) is 5.73 Å². The van der Waals surface area contributed by atoms with E-state index in [-0.39, 0.29) is 29.4 Å². The van der Waals surface area contributed by atoms with Crippen LogP contribution in [0.5, 0.6) is 0 Å². The quantitative estimate of drug-likeness (QED) is 0.738. The van der Waals surface area contributed by atoms with Gasteiger partial charge in [0, 0.05) is 5.92 Å². The van der Waals surface area contributed by atoms with Crippen molar-refractivity contribution in [3.05, 3.63) is 0 Å². The number of carbonyl (C=O) groups excluding carboxylic acids is 2. The van der Waals surface area contributed by atoms with Crippen molar-refractivity contribution >= 4 is 11.7 Å². The fourth-order valence-electron chi connectivity index (χ4n) is 1.48. The number of Topliss-reactive ketones (excluding diaryl/α,β-unsaturated/α-hetero) is 1. The van der Waals surface area contributed by atoms with E-state index in [1.54, 1.807) is 0 Å². The molecule has 0 fully saturated rings. The third-order valence-electron chi connectivity index (χ3n) is 2.86. The number of hydrogen-bond donors (Lipinski definition) is 2. The van der Waals surface area contributed by atoms with E-state index >= 15 is 0 Å². The van der Waals surface area contributed by atoms with Crippen molar-refractivity contribution < 1.29 is 9.59 Å². The second-order valence-corrected chi connectivity index (χ2v) is 5.56. The molecule has 1 amide bonds. The van der Waals surface area contributed by atoms with Crippen molar-refractivity contribution in [1.82, 2.24) is 5.32 Å². The second kappa shape index (κ2) is 6.74. The minimum Gasteiger partial charge on any atom is -0.345 e. The van der Waals surface area contributed by atoms with E-state index in [1.165, 1.54) is 0 Å². The van der Waals surface area contributed by atoms with Gasteiger partial charge in [0.05, 0.1) is 12.1 Å². The number of ketones is 1. The molecule has 0 aromatic rings. The van der Waals surface area contributed by atoms with Crippen LogP contribution in [-0.4, -0.2) is 23.8 Å². The first kappa shape index (κ1) is 16.1. The summed E-state index contributed by atoms with van der Waals surface area (Å²) in [6.07, 6.45) is 0. The van der Waals surface area contributed by atoms with Gasteiger partial charge < -0.3 is 11.1 Å². The van der Waals surface area contributed by atoms with Crippen molar-refractivity contribution in [2.24, 2.45) is 23.5 Å². The zero-order chi connectivity index (χ0) is 13.7. The van der Waals surface area contributed by atoms with Crippen molar-refractivity contribution in [3.63, 3.8) is 0 Å². The molecular formula is C13H26N2O2. The van der Waals surface area contributed by atoms with E-state index in [0.717, 1.165) is 0 Å². The van der Waals surface area contributed by atoms with E-state index in [1.807, 2.05) is 41.5 Å². The van der Waals surface area contributed by atoms with Gasteiger partial charge in [0.25, 0.3) is 0 Å². The third kappa shape index (κ3) is 4.86. The minimum absolute atomic E-state index is 0.0595. The van der Waals surface area contributed by atoms with Gasteiger partial charge >= 0.3 is 0 Å². The number of hydrogen-bond acceptors (Lipinski definition) is 3. The summed E-state index contributed by atoms with van der Waals surface area (Å²) in [7, 11) is 0. The molecular weight excluding hydrogens is 216 g/mol. The van der Waals surface area contributed by atoms with Crippen LogP contribution in [-0.2, 0) is 9.59 Å². The maximum atomic E-state index is 12.0. The SMILES string of the molecule is CC(C)C(=O)[C@H](NC(=O)[C@H](N)C(C)C)C(C)C. The summed E-state index contributed by atoms with van der Waals surface area (Å²) in [6, 6.07) is -0.997. The fourth-order valence-corrected chi connectivity index (χ4v) is 1.48. The summed E-state index contributed by atoms with van der Waals surface area (Å²) in [5.74, 6) is -0.125.